The lowest BCUT2D eigenvalue weighted by atomic mass is 9.80. The maximum Gasteiger partial charge on any atom is 0.261 e. The van der Waals surface area contributed by atoms with Gasteiger partial charge in [-0.1, -0.05) is 50.8 Å². The lowest BCUT2D eigenvalue weighted by Crippen LogP contribution is -2.59. The molecule has 1 fully saturated rings. The van der Waals surface area contributed by atoms with Gasteiger partial charge in [-0.25, -0.2) is 8.42 Å². The van der Waals surface area contributed by atoms with E-state index in [0.29, 0.717) is 30.6 Å². The van der Waals surface area contributed by atoms with Crippen LogP contribution < -0.4 is 15.4 Å². The summed E-state index contributed by atoms with van der Waals surface area (Å²) in [5.41, 5.74) is -0.162. The van der Waals surface area contributed by atoms with Crippen molar-refractivity contribution in [1.82, 2.24) is 10.6 Å². The summed E-state index contributed by atoms with van der Waals surface area (Å²) in [5.74, 6) is -0.457. The molecule has 1 aliphatic carbocycles. The Kier molecular flexibility index (Phi) is 7.90. The summed E-state index contributed by atoms with van der Waals surface area (Å²) in [6, 6.07) is 14.3. The van der Waals surface area contributed by atoms with Crippen LogP contribution in [0, 0.1) is 0 Å². The molecule has 0 unspecified atom stereocenters. The van der Waals surface area contributed by atoms with Crippen LogP contribution >= 0.6 is 0 Å². The second-order valence-electron chi connectivity index (χ2n) is 8.20. The number of rotatable bonds is 9. The molecule has 0 spiro atoms. The second-order valence-corrected chi connectivity index (χ2v) is 9.88. The Morgan fingerprint density at radius 3 is 2.22 bits per heavy atom. The lowest BCUT2D eigenvalue weighted by molar-refractivity contribution is -0.128. The summed E-state index contributed by atoms with van der Waals surface area (Å²) < 4.78 is 27.5. The first-order chi connectivity index (χ1) is 15.4. The Labute approximate surface area is 190 Å². The molecule has 2 aromatic rings. The third-order valence-electron chi connectivity index (χ3n) is 5.76. The van der Waals surface area contributed by atoms with Gasteiger partial charge in [-0.05, 0) is 55.7 Å². The van der Waals surface area contributed by atoms with Gasteiger partial charge in [-0.3, -0.25) is 14.3 Å². The molecule has 0 aliphatic heterocycles. The number of sulfonamides is 1. The van der Waals surface area contributed by atoms with Crippen LogP contribution in [0.3, 0.4) is 0 Å². The van der Waals surface area contributed by atoms with E-state index in [0.717, 1.165) is 32.1 Å². The summed E-state index contributed by atoms with van der Waals surface area (Å²) in [7, 11) is -3.70. The topological polar surface area (TPSA) is 104 Å². The average Bonchev–Trinajstić information content (AvgIpc) is 2.80. The van der Waals surface area contributed by atoms with E-state index in [2.05, 4.69) is 22.3 Å². The van der Waals surface area contributed by atoms with Crippen LogP contribution in [0.2, 0.25) is 0 Å². The first-order valence-corrected chi connectivity index (χ1v) is 12.6. The second kappa shape index (κ2) is 10.6. The van der Waals surface area contributed by atoms with Gasteiger partial charge in [-0.2, -0.15) is 0 Å². The summed E-state index contributed by atoms with van der Waals surface area (Å²) in [6.45, 7) is 2.66. The fourth-order valence-corrected chi connectivity index (χ4v) is 4.98. The SMILES string of the molecule is CCCCNC(=O)C1(NC(=O)c2ccc(NS(=O)(=O)c3ccccc3)cc2)CCCCC1. The molecule has 0 atom stereocenters. The standard InChI is InChI=1S/C24H31N3O4S/c1-2-3-18-25-23(29)24(16-8-5-9-17-24)26-22(28)19-12-14-20(15-13-19)27-32(30,31)21-10-6-4-7-11-21/h4,6-7,10-15,27H,2-3,5,8-9,16-18H2,1H3,(H,25,29)(H,26,28). The van der Waals surface area contributed by atoms with Crippen molar-refractivity contribution in [3.8, 4) is 0 Å². The average molecular weight is 458 g/mol. The normalized spacial score (nSPS) is 15.5. The summed E-state index contributed by atoms with van der Waals surface area (Å²) >= 11 is 0. The van der Waals surface area contributed by atoms with Crippen molar-refractivity contribution < 1.29 is 18.0 Å². The van der Waals surface area contributed by atoms with E-state index in [-0.39, 0.29) is 16.7 Å². The number of carbonyl (C=O) groups excluding carboxylic acids is 2. The number of carbonyl (C=O) groups is 2. The van der Waals surface area contributed by atoms with Crippen LogP contribution in [-0.4, -0.2) is 32.3 Å². The largest absolute Gasteiger partial charge is 0.354 e. The molecule has 2 aromatic carbocycles. The lowest BCUT2D eigenvalue weighted by Gasteiger charge is -2.36. The Morgan fingerprint density at radius 1 is 0.938 bits per heavy atom. The van der Waals surface area contributed by atoms with Gasteiger partial charge in [0, 0.05) is 17.8 Å². The molecule has 0 heterocycles. The van der Waals surface area contributed by atoms with Gasteiger partial charge in [-0.15, -0.1) is 0 Å². The summed E-state index contributed by atoms with van der Waals surface area (Å²) in [4.78, 5) is 26.0. The van der Waals surface area contributed by atoms with Crippen molar-refractivity contribution in [2.75, 3.05) is 11.3 Å². The van der Waals surface area contributed by atoms with E-state index in [4.69, 9.17) is 0 Å². The quantitative estimate of drug-likeness (QED) is 0.498. The Morgan fingerprint density at radius 2 is 1.59 bits per heavy atom. The van der Waals surface area contributed by atoms with Crippen LogP contribution in [0.1, 0.15) is 62.2 Å². The Hall–Kier alpha value is -2.87. The minimum Gasteiger partial charge on any atom is -0.354 e. The van der Waals surface area contributed by atoms with E-state index in [9.17, 15) is 18.0 Å². The molecule has 8 heteroatoms. The van der Waals surface area contributed by atoms with Crippen molar-refractivity contribution in [2.45, 2.75) is 62.3 Å². The molecule has 3 N–H and O–H groups in total. The highest BCUT2D eigenvalue weighted by Crippen LogP contribution is 2.29. The minimum absolute atomic E-state index is 0.119. The minimum atomic E-state index is -3.70. The van der Waals surface area contributed by atoms with Gasteiger partial charge >= 0.3 is 0 Å². The molecule has 0 aromatic heterocycles. The highest BCUT2D eigenvalue weighted by atomic mass is 32.2. The van der Waals surface area contributed by atoms with Crippen molar-refractivity contribution >= 4 is 27.5 Å². The number of benzene rings is 2. The van der Waals surface area contributed by atoms with Gasteiger partial charge < -0.3 is 10.6 Å². The molecule has 32 heavy (non-hydrogen) atoms. The number of hydrogen-bond acceptors (Lipinski definition) is 4. The van der Waals surface area contributed by atoms with Crippen molar-refractivity contribution in [3.63, 3.8) is 0 Å². The maximum absolute atomic E-state index is 12.9. The van der Waals surface area contributed by atoms with Gasteiger partial charge in [0.1, 0.15) is 5.54 Å². The first kappa shape index (κ1) is 23.8. The van der Waals surface area contributed by atoms with E-state index in [1.165, 1.54) is 12.1 Å². The number of nitrogens with one attached hydrogen (secondary N) is 3. The number of unbranched alkanes of at least 4 members (excludes halogenated alkanes) is 1. The number of hydrogen-bond donors (Lipinski definition) is 3. The van der Waals surface area contributed by atoms with Gasteiger partial charge in [0.25, 0.3) is 15.9 Å². The Bertz CT molecular complexity index is 1010. The summed E-state index contributed by atoms with van der Waals surface area (Å²) in [5, 5.41) is 5.95. The highest BCUT2D eigenvalue weighted by Gasteiger charge is 2.40. The molecule has 0 bridgehead atoms. The Balaban J connectivity index is 1.69. The predicted molar refractivity (Wildman–Crippen MR) is 125 cm³/mol. The third kappa shape index (κ3) is 5.88. The fraction of sp³-hybridized carbons (Fsp3) is 0.417. The third-order valence-corrected chi connectivity index (χ3v) is 7.16. The molecule has 1 aliphatic rings. The molecular weight excluding hydrogens is 426 g/mol. The number of anilines is 1. The first-order valence-electron chi connectivity index (χ1n) is 11.1. The van der Waals surface area contributed by atoms with Gasteiger partial charge in [0.2, 0.25) is 5.91 Å². The van der Waals surface area contributed by atoms with E-state index >= 15 is 0 Å². The fourth-order valence-electron chi connectivity index (χ4n) is 3.90. The molecule has 0 radical (unpaired) electrons. The monoisotopic (exact) mass is 457 g/mol. The molecule has 7 nitrogen and oxygen atoms in total. The number of amides is 2. The van der Waals surface area contributed by atoms with Crippen LogP contribution in [0.4, 0.5) is 5.69 Å². The van der Waals surface area contributed by atoms with E-state index < -0.39 is 15.6 Å². The van der Waals surface area contributed by atoms with Crippen LogP contribution in [-0.2, 0) is 14.8 Å². The van der Waals surface area contributed by atoms with Crippen LogP contribution in [0.15, 0.2) is 59.5 Å². The zero-order valence-corrected chi connectivity index (χ0v) is 19.2. The molecule has 2 amide bonds. The van der Waals surface area contributed by atoms with E-state index in [1.54, 1.807) is 42.5 Å². The van der Waals surface area contributed by atoms with Crippen molar-refractivity contribution in [2.24, 2.45) is 0 Å². The van der Waals surface area contributed by atoms with E-state index in [1.807, 2.05) is 0 Å². The molecule has 0 saturated heterocycles. The summed E-state index contributed by atoms with van der Waals surface area (Å²) in [6.07, 6.45) is 5.95. The zero-order valence-electron chi connectivity index (χ0n) is 18.4. The van der Waals surface area contributed by atoms with Gasteiger partial charge in [0.05, 0.1) is 4.90 Å². The molecule has 1 saturated carbocycles. The van der Waals surface area contributed by atoms with Crippen molar-refractivity contribution in [3.05, 3.63) is 60.2 Å². The zero-order chi connectivity index (χ0) is 23.0. The van der Waals surface area contributed by atoms with Gasteiger partial charge in [0.15, 0.2) is 0 Å². The maximum atomic E-state index is 12.9. The molecule has 3 rings (SSSR count). The molecule has 172 valence electrons. The highest BCUT2D eigenvalue weighted by molar-refractivity contribution is 7.92. The predicted octanol–water partition coefficient (Wildman–Crippen LogP) is 3.84. The molecular formula is C24H31N3O4S. The van der Waals surface area contributed by atoms with Crippen molar-refractivity contribution in [1.29, 1.82) is 0 Å². The van der Waals surface area contributed by atoms with Crippen LogP contribution in [0.5, 0.6) is 0 Å². The smallest absolute Gasteiger partial charge is 0.261 e. The van der Waals surface area contributed by atoms with Crippen LogP contribution in [0.25, 0.3) is 0 Å².